The van der Waals surface area contributed by atoms with Crippen molar-refractivity contribution in [1.29, 1.82) is 0 Å². The van der Waals surface area contributed by atoms with Crippen LogP contribution in [0.25, 0.3) is 0 Å². The second-order valence-electron chi connectivity index (χ2n) is 5.84. The van der Waals surface area contributed by atoms with Crippen LogP contribution >= 0.6 is 0 Å². The Labute approximate surface area is 149 Å². The number of rotatable bonds is 7. The number of carbonyl (C=O) groups is 1. The SMILES string of the molecule is CCC(CNS(=O)(=O)c1ccc(C(=O)OC)cc1C)c1ccccc1. The van der Waals surface area contributed by atoms with Gasteiger partial charge in [-0.05, 0) is 48.6 Å². The average molecular weight is 361 g/mol. The second-order valence-corrected chi connectivity index (χ2v) is 7.57. The van der Waals surface area contributed by atoms with E-state index < -0.39 is 16.0 Å². The molecule has 2 aromatic rings. The zero-order valence-electron chi connectivity index (χ0n) is 14.7. The molecular weight excluding hydrogens is 338 g/mol. The van der Waals surface area contributed by atoms with Crippen LogP contribution in [0.15, 0.2) is 53.4 Å². The normalized spacial score (nSPS) is 12.6. The first-order valence-corrected chi connectivity index (χ1v) is 9.61. The van der Waals surface area contributed by atoms with E-state index in [0.29, 0.717) is 17.7 Å². The van der Waals surface area contributed by atoms with E-state index in [1.54, 1.807) is 6.92 Å². The van der Waals surface area contributed by atoms with Crippen molar-refractivity contribution in [2.45, 2.75) is 31.1 Å². The largest absolute Gasteiger partial charge is 0.465 e. The van der Waals surface area contributed by atoms with Crippen molar-refractivity contribution in [3.8, 4) is 0 Å². The van der Waals surface area contributed by atoms with Crippen LogP contribution in [0.5, 0.6) is 0 Å². The molecule has 0 heterocycles. The third-order valence-electron chi connectivity index (χ3n) is 4.17. The molecule has 25 heavy (non-hydrogen) atoms. The maximum absolute atomic E-state index is 12.6. The van der Waals surface area contributed by atoms with Crippen LogP contribution in [-0.4, -0.2) is 28.0 Å². The molecule has 0 saturated carbocycles. The first-order chi connectivity index (χ1) is 11.9. The molecule has 5 nitrogen and oxygen atoms in total. The lowest BCUT2D eigenvalue weighted by atomic mass is 9.97. The van der Waals surface area contributed by atoms with E-state index in [1.165, 1.54) is 25.3 Å². The molecule has 1 N–H and O–H groups in total. The van der Waals surface area contributed by atoms with E-state index >= 15 is 0 Å². The number of benzene rings is 2. The van der Waals surface area contributed by atoms with Gasteiger partial charge in [-0.3, -0.25) is 0 Å². The Morgan fingerprint density at radius 2 is 1.84 bits per heavy atom. The fraction of sp³-hybridized carbons (Fsp3) is 0.316. The lowest BCUT2D eigenvalue weighted by molar-refractivity contribution is 0.0600. The number of hydrogen-bond acceptors (Lipinski definition) is 4. The van der Waals surface area contributed by atoms with Gasteiger partial charge in [0.1, 0.15) is 0 Å². The van der Waals surface area contributed by atoms with Crippen molar-refractivity contribution in [3.05, 3.63) is 65.2 Å². The monoisotopic (exact) mass is 361 g/mol. The molecule has 6 heteroatoms. The second kappa shape index (κ2) is 8.27. The van der Waals surface area contributed by atoms with Crippen LogP contribution in [0, 0.1) is 6.92 Å². The highest BCUT2D eigenvalue weighted by Crippen LogP contribution is 2.21. The number of sulfonamides is 1. The van der Waals surface area contributed by atoms with Gasteiger partial charge >= 0.3 is 5.97 Å². The van der Waals surface area contributed by atoms with Crippen molar-refractivity contribution >= 4 is 16.0 Å². The lowest BCUT2D eigenvalue weighted by Gasteiger charge is -2.17. The van der Waals surface area contributed by atoms with Crippen molar-refractivity contribution in [3.63, 3.8) is 0 Å². The minimum Gasteiger partial charge on any atom is -0.465 e. The van der Waals surface area contributed by atoms with E-state index in [-0.39, 0.29) is 10.8 Å². The van der Waals surface area contributed by atoms with Crippen LogP contribution in [-0.2, 0) is 14.8 Å². The van der Waals surface area contributed by atoms with E-state index in [2.05, 4.69) is 9.46 Å². The zero-order valence-corrected chi connectivity index (χ0v) is 15.5. The Bertz CT molecular complexity index is 832. The van der Waals surface area contributed by atoms with E-state index in [9.17, 15) is 13.2 Å². The van der Waals surface area contributed by atoms with Gasteiger partial charge in [-0.1, -0.05) is 37.3 Å². The molecule has 0 aliphatic carbocycles. The van der Waals surface area contributed by atoms with E-state index in [0.717, 1.165) is 12.0 Å². The summed E-state index contributed by atoms with van der Waals surface area (Å²) < 4.78 is 32.6. The summed E-state index contributed by atoms with van der Waals surface area (Å²) in [4.78, 5) is 11.7. The highest BCUT2D eigenvalue weighted by molar-refractivity contribution is 7.89. The van der Waals surface area contributed by atoms with Gasteiger partial charge in [-0.2, -0.15) is 0 Å². The minimum atomic E-state index is -3.66. The topological polar surface area (TPSA) is 72.5 Å². The first kappa shape index (κ1) is 19.1. The van der Waals surface area contributed by atoms with Crippen LogP contribution < -0.4 is 4.72 Å². The fourth-order valence-corrected chi connectivity index (χ4v) is 4.01. The molecule has 2 rings (SSSR count). The predicted octanol–water partition coefficient (Wildman–Crippen LogP) is 3.25. The molecule has 2 aromatic carbocycles. The predicted molar refractivity (Wildman–Crippen MR) is 97.2 cm³/mol. The Morgan fingerprint density at radius 3 is 2.40 bits per heavy atom. The quantitative estimate of drug-likeness (QED) is 0.769. The third kappa shape index (κ3) is 4.67. The van der Waals surface area contributed by atoms with Gasteiger partial charge in [0, 0.05) is 6.54 Å². The molecule has 134 valence electrons. The number of methoxy groups -OCH3 is 1. The molecule has 1 unspecified atom stereocenters. The van der Waals surface area contributed by atoms with Crippen LogP contribution in [0.3, 0.4) is 0 Å². The number of aryl methyl sites for hydroxylation is 1. The van der Waals surface area contributed by atoms with Gasteiger partial charge in [0.15, 0.2) is 0 Å². The lowest BCUT2D eigenvalue weighted by Crippen LogP contribution is -2.29. The molecule has 0 aromatic heterocycles. The van der Waals surface area contributed by atoms with E-state index in [4.69, 9.17) is 0 Å². The summed E-state index contributed by atoms with van der Waals surface area (Å²) in [5.41, 5.74) is 1.93. The summed E-state index contributed by atoms with van der Waals surface area (Å²) in [6, 6.07) is 14.2. The molecule has 0 bridgehead atoms. The number of carbonyl (C=O) groups excluding carboxylic acids is 1. The number of esters is 1. The highest BCUT2D eigenvalue weighted by Gasteiger charge is 2.20. The number of hydrogen-bond donors (Lipinski definition) is 1. The Kier molecular flexibility index (Phi) is 6.33. The maximum atomic E-state index is 12.6. The molecule has 0 aliphatic rings. The summed E-state index contributed by atoms with van der Waals surface area (Å²) in [6.07, 6.45) is 0.826. The fourth-order valence-electron chi connectivity index (χ4n) is 2.71. The van der Waals surface area contributed by atoms with Crippen LogP contribution in [0.1, 0.15) is 40.7 Å². The summed E-state index contributed by atoms with van der Waals surface area (Å²) in [6.45, 7) is 4.01. The van der Waals surface area contributed by atoms with Crippen molar-refractivity contribution in [2.75, 3.05) is 13.7 Å². The Morgan fingerprint density at radius 1 is 1.16 bits per heavy atom. The maximum Gasteiger partial charge on any atom is 0.337 e. The summed E-state index contributed by atoms with van der Waals surface area (Å²) in [7, 11) is -2.37. The first-order valence-electron chi connectivity index (χ1n) is 8.12. The average Bonchev–Trinajstić information content (AvgIpc) is 2.62. The summed E-state index contributed by atoms with van der Waals surface area (Å²) in [5, 5.41) is 0. The van der Waals surface area contributed by atoms with Gasteiger partial charge in [-0.15, -0.1) is 0 Å². The minimum absolute atomic E-state index is 0.102. The highest BCUT2D eigenvalue weighted by atomic mass is 32.2. The Balaban J connectivity index is 2.17. The third-order valence-corrected chi connectivity index (χ3v) is 5.75. The molecule has 0 saturated heterocycles. The van der Waals surface area contributed by atoms with Crippen molar-refractivity contribution < 1.29 is 17.9 Å². The van der Waals surface area contributed by atoms with Crippen molar-refractivity contribution in [2.24, 2.45) is 0 Å². The molecule has 0 amide bonds. The molecule has 0 aliphatic heterocycles. The number of ether oxygens (including phenoxy) is 1. The van der Waals surface area contributed by atoms with Gasteiger partial charge in [0.2, 0.25) is 10.0 Å². The smallest absolute Gasteiger partial charge is 0.337 e. The zero-order chi connectivity index (χ0) is 18.4. The van der Waals surface area contributed by atoms with E-state index in [1.807, 2.05) is 37.3 Å². The molecule has 0 spiro atoms. The molecule has 0 fully saturated rings. The van der Waals surface area contributed by atoms with Gasteiger partial charge < -0.3 is 4.74 Å². The molecule has 1 atom stereocenters. The number of nitrogens with one attached hydrogen (secondary N) is 1. The Hall–Kier alpha value is -2.18. The van der Waals surface area contributed by atoms with Gasteiger partial charge in [0.25, 0.3) is 0 Å². The van der Waals surface area contributed by atoms with Gasteiger partial charge in [-0.25, -0.2) is 17.9 Å². The summed E-state index contributed by atoms with van der Waals surface area (Å²) >= 11 is 0. The molecule has 0 radical (unpaired) electrons. The van der Waals surface area contributed by atoms with Crippen LogP contribution in [0.4, 0.5) is 0 Å². The van der Waals surface area contributed by atoms with Gasteiger partial charge in [0.05, 0.1) is 17.6 Å². The summed E-state index contributed by atoms with van der Waals surface area (Å²) in [5.74, 6) is -0.388. The molecular formula is C19H23NO4S. The standard InChI is InChI=1S/C19H23NO4S/c1-4-15(16-8-6-5-7-9-16)13-20-25(22,23)18-11-10-17(12-14(18)2)19(21)24-3/h5-12,15,20H,4,13H2,1-3H3. The van der Waals surface area contributed by atoms with Crippen LogP contribution in [0.2, 0.25) is 0 Å². The van der Waals surface area contributed by atoms with Crippen molar-refractivity contribution in [1.82, 2.24) is 4.72 Å².